The van der Waals surface area contributed by atoms with Crippen molar-refractivity contribution in [2.24, 2.45) is 0 Å². The van der Waals surface area contributed by atoms with Crippen molar-refractivity contribution < 1.29 is 9.53 Å². The average molecular weight is 412 g/mol. The number of morpholine rings is 1. The standard InChI is InChI=1S/C23H29N3O2S/c27-22(26-10-12-28-13-11-26)15-18-16-23(20-4-2-1-3-19(18)20)5-8-25(9-6-23)17-21-24-7-14-29-21/h1-4,7,14,18H,5-6,8-13,15-17H2/t18-/m1/s1. The highest BCUT2D eigenvalue weighted by molar-refractivity contribution is 7.09. The summed E-state index contributed by atoms with van der Waals surface area (Å²) in [5, 5.41) is 3.27. The Bertz CT molecular complexity index is 840. The molecule has 2 saturated heterocycles. The number of nitrogens with zero attached hydrogens (tertiary/aromatic N) is 3. The summed E-state index contributed by atoms with van der Waals surface area (Å²) in [5.41, 5.74) is 3.17. The quantitative estimate of drug-likeness (QED) is 0.774. The van der Waals surface area contributed by atoms with Crippen LogP contribution in [0.3, 0.4) is 0 Å². The Hall–Kier alpha value is -1.76. The van der Waals surface area contributed by atoms with Gasteiger partial charge in [0.05, 0.1) is 19.8 Å². The van der Waals surface area contributed by atoms with Crippen molar-refractivity contribution in [3.8, 4) is 0 Å². The number of rotatable bonds is 4. The molecule has 6 heteroatoms. The van der Waals surface area contributed by atoms with Gasteiger partial charge in [0.2, 0.25) is 5.91 Å². The molecule has 1 amide bonds. The van der Waals surface area contributed by atoms with Gasteiger partial charge in [0.1, 0.15) is 5.01 Å². The number of amides is 1. The molecule has 5 nitrogen and oxygen atoms in total. The fraction of sp³-hybridized carbons (Fsp3) is 0.565. The van der Waals surface area contributed by atoms with Crippen LogP contribution in [0.2, 0.25) is 0 Å². The number of aromatic nitrogens is 1. The lowest BCUT2D eigenvalue weighted by molar-refractivity contribution is -0.135. The van der Waals surface area contributed by atoms with Crippen LogP contribution in [-0.2, 0) is 21.5 Å². The van der Waals surface area contributed by atoms with E-state index < -0.39 is 0 Å². The Kier molecular flexibility index (Phi) is 5.41. The molecule has 154 valence electrons. The summed E-state index contributed by atoms with van der Waals surface area (Å²) in [4.78, 5) is 21.9. The Morgan fingerprint density at radius 2 is 1.97 bits per heavy atom. The first-order valence-electron chi connectivity index (χ1n) is 10.8. The molecule has 5 rings (SSSR count). The highest BCUT2D eigenvalue weighted by Crippen LogP contribution is 2.52. The lowest BCUT2D eigenvalue weighted by Crippen LogP contribution is -2.42. The SMILES string of the molecule is O=C(C[C@@H]1CC2(CCN(Cc3nccs3)CC2)c2ccccc21)N1CCOCC1. The van der Waals surface area contributed by atoms with E-state index in [1.165, 1.54) is 29.0 Å². The number of hydrogen-bond acceptors (Lipinski definition) is 5. The molecule has 0 saturated carbocycles. The molecule has 29 heavy (non-hydrogen) atoms. The van der Waals surface area contributed by atoms with Crippen LogP contribution in [0, 0.1) is 0 Å². The first kappa shape index (κ1) is 19.2. The van der Waals surface area contributed by atoms with Crippen molar-refractivity contribution in [2.45, 2.75) is 43.6 Å². The van der Waals surface area contributed by atoms with Crippen LogP contribution in [-0.4, -0.2) is 60.1 Å². The van der Waals surface area contributed by atoms with Crippen molar-refractivity contribution in [2.75, 3.05) is 39.4 Å². The van der Waals surface area contributed by atoms with E-state index in [-0.39, 0.29) is 5.41 Å². The molecule has 0 bridgehead atoms. The number of fused-ring (bicyclic) bond motifs is 2. The maximum Gasteiger partial charge on any atom is 0.223 e. The third-order valence-electron chi connectivity index (χ3n) is 7.05. The van der Waals surface area contributed by atoms with Gasteiger partial charge in [-0.3, -0.25) is 9.69 Å². The number of carbonyl (C=O) groups excluding carboxylic acids is 1. The van der Waals surface area contributed by atoms with Gasteiger partial charge in [0, 0.05) is 31.1 Å². The Balaban J connectivity index is 1.28. The summed E-state index contributed by atoms with van der Waals surface area (Å²) >= 11 is 1.75. The monoisotopic (exact) mass is 411 g/mol. The van der Waals surface area contributed by atoms with Gasteiger partial charge in [0.15, 0.2) is 0 Å². The number of carbonyl (C=O) groups is 1. The van der Waals surface area contributed by atoms with Crippen LogP contribution in [0.5, 0.6) is 0 Å². The van der Waals surface area contributed by atoms with E-state index >= 15 is 0 Å². The minimum atomic E-state index is 0.242. The molecular formula is C23H29N3O2S. The molecule has 0 N–H and O–H groups in total. The molecule has 1 spiro atoms. The van der Waals surface area contributed by atoms with Crippen LogP contribution in [0.25, 0.3) is 0 Å². The van der Waals surface area contributed by atoms with Gasteiger partial charge in [-0.25, -0.2) is 4.98 Å². The highest BCUT2D eigenvalue weighted by atomic mass is 32.1. The zero-order valence-corrected chi connectivity index (χ0v) is 17.7. The minimum absolute atomic E-state index is 0.242. The fourth-order valence-corrected chi connectivity index (χ4v) is 6.15. The molecule has 2 aliphatic heterocycles. The largest absolute Gasteiger partial charge is 0.378 e. The normalized spacial score (nSPS) is 24.0. The van der Waals surface area contributed by atoms with E-state index in [4.69, 9.17) is 4.74 Å². The van der Waals surface area contributed by atoms with Gasteiger partial charge in [-0.05, 0) is 54.8 Å². The average Bonchev–Trinajstić information content (AvgIpc) is 3.38. The third-order valence-corrected chi connectivity index (χ3v) is 7.81. The van der Waals surface area contributed by atoms with Crippen LogP contribution in [0.1, 0.15) is 47.7 Å². The predicted octanol–water partition coefficient (Wildman–Crippen LogP) is 3.41. The number of hydrogen-bond donors (Lipinski definition) is 0. The van der Waals surface area contributed by atoms with E-state index in [1.807, 2.05) is 11.1 Å². The first-order valence-corrected chi connectivity index (χ1v) is 11.7. The topological polar surface area (TPSA) is 45.7 Å². The zero-order valence-electron chi connectivity index (χ0n) is 16.9. The van der Waals surface area contributed by atoms with Gasteiger partial charge in [0.25, 0.3) is 0 Å². The van der Waals surface area contributed by atoms with Gasteiger partial charge in [-0.15, -0.1) is 11.3 Å². The van der Waals surface area contributed by atoms with Gasteiger partial charge in [-0.1, -0.05) is 24.3 Å². The molecule has 2 fully saturated rings. The minimum Gasteiger partial charge on any atom is -0.378 e. The maximum atomic E-state index is 12.9. The molecule has 1 aliphatic carbocycles. The highest BCUT2D eigenvalue weighted by Gasteiger charge is 2.45. The van der Waals surface area contributed by atoms with Crippen molar-refractivity contribution in [1.29, 1.82) is 0 Å². The van der Waals surface area contributed by atoms with E-state index in [2.05, 4.69) is 39.5 Å². The molecule has 1 aromatic carbocycles. The Labute approximate surface area is 176 Å². The second-order valence-electron chi connectivity index (χ2n) is 8.67. The molecule has 3 aliphatic rings. The number of piperidine rings is 1. The number of thiazole rings is 1. The van der Waals surface area contributed by atoms with E-state index in [0.29, 0.717) is 31.5 Å². The summed E-state index contributed by atoms with van der Waals surface area (Å²) in [5.74, 6) is 0.651. The molecule has 1 atom stereocenters. The second-order valence-corrected chi connectivity index (χ2v) is 9.65. The van der Waals surface area contributed by atoms with Crippen LogP contribution in [0.15, 0.2) is 35.8 Å². The number of benzene rings is 1. The van der Waals surface area contributed by atoms with Crippen LogP contribution >= 0.6 is 11.3 Å². The fourth-order valence-electron chi connectivity index (χ4n) is 5.50. The third kappa shape index (κ3) is 3.86. The Morgan fingerprint density at radius 3 is 2.72 bits per heavy atom. The lowest BCUT2D eigenvalue weighted by Gasteiger charge is -2.40. The van der Waals surface area contributed by atoms with E-state index in [0.717, 1.165) is 39.1 Å². The van der Waals surface area contributed by atoms with Gasteiger partial charge in [-0.2, -0.15) is 0 Å². The van der Waals surface area contributed by atoms with Crippen molar-refractivity contribution >= 4 is 17.2 Å². The predicted molar refractivity (Wildman–Crippen MR) is 114 cm³/mol. The van der Waals surface area contributed by atoms with E-state index in [9.17, 15) is 4.79 Å². The second kappa shape index (κ2) is 8.17. The number of ether oxygens (including phenoxy) is 1. The van der Waals surface area contributed by atoms with Crippen molar-refractivity contribution in [3.63, 3.8) is 0 Å². The zero-order chi connectivity index (χ0) is 19.7. The first-order chi connectivity index (χ1) is 14.2. The van der Waals surface area contributed by atoms with Crippen molar-refractivity contribution in [1.82, 2.24) is 14.8 Å². The molecule has 1 aromatic heterocycles. The maximum absolute atomic E-state index is 12.9. The molecule has 2 aromatic rings. The van der Waals surface area contributed by atoms with Gasteiger partial charge < -0.3 is 9.64 Å². The van der Waals surface area contributed by atoms with Crippen LogP contribution in [0.4, 0.5) is 0 Å². The summed E-state index contributed by atoms with van der Waals surface area (Å²) in [7, 11) is 0. The molecule has 0 unspecified atom stereocenters. The summed E-state index contributed by atoms with van der Waals surface area (Å²) in [6.07, 6.45) is 6.01. The van der Waals surface area contributed by atoms with Crippen LogP contribution < -0.4 is 0 Å². The molecule has 3 heterocycles. The number of likely N-dealkylation sites (tertiary alicyclic amines) is 1. The van der Waals surface area contributed by atoms with Crippen molar-refractivity contribution in [3.05, 3.63) is 52.0 Å². The summed E-state index contributed by atoms with van der Waals surface area (Å²) < 4.78 is 5.41. The van der Waals surface area contributed by atoms with Gasteiger partial charge >= 0.3 is 0 Å². The van der Waals surface area contributed by atoms with E-state index in [1.54, 1.807) is 11.3 Å². The summed E-state index contributed by atoms with van der Waals surface area (Å²) in [6.45, 7) is 6.01. The molecular weight excluding hydrogens is 382 g/mol. The summed E-state index contributed by atoms with van der Waals surface area (Å²) in [6, 6.07) is 8.91. The lowest BCUT2D eigenvalue weighted by atomic mass is 9.73. The molecule has 0 radical (unpaired) electrons. The Morgan fingerprint density at radius 1 is 1.17 bits per heavy atom. The smallest absolute Gasteiger partial charge is 0.223 e.